The second-order valence-electron chi connectivity index (χ2n) is 6.25. The number of ether oxygens (including phenoxy) is 1. The summed E-state index contributed by atoms with van der Waals surface area (Å²) in [5.74, 6) is 0.659. The van der Waals surface area contributed by atoms with Gasteiger partial charge in [0, 0.05) is 28.3 Å². The maximum atomic E-state index is 12.2. The number of aromatic amines is 1. The summed E-state index contributed by atoms with van der Waals surface area (Å²) in [6, 6.07) is 7.04. The van der Waals surface area contributed by atoms with Crippen molar-refractivity contribution in [2.24, 2.45) is 0 Å². The summed E-state index contributed by atoms with van der Waals surface area (Å²) in [7, 11) is 0. The maximum Gasteiger partial charge on any atom is 0.251 e. The predicted octanol–water partition coefficient (Wildman–Crippen LogP) is 2.45. The van der Waals surface area contributed by atoms with Gasteiger partial charge in [0.15, 0.2) is 16.9 Å². The van der Waals surface area contributed by atoms with Gasteiger partial charge in [0.2, 0.25) is 0 Å². The molecule has 1 aliphatic carbocycles. The number of anilines is 1. The first-order valence-corrected chi connectivity index (χ1v) is 8.67. The number of H-pyrrole nitrogens is 1. The van der Waals surface area contributed by atoms with Crippen LogP contribution in [0, 0.1) is 0 Å². The smallest absolute Gasteiger partial charge is 0.251 e. The topological polar surface area (TPSA) is 119 Å². The van der Waals surface area contributed by atoms with E-state index in [1.165, 1.54) is 6.42 Å². The van der Waals surface area contributed by atoms with Crippen molar-refractivity contribution in [3.8, 4) is 5.75 Å². The van der Waals surface area contributed by atoms with Crippen molar-refractivity contribution in [1.29, 1.82) is 0 Å². The highest BCUT2D eigenvalue weighted by Crippen LogP contribution is 2.26. The van der Waals surface area contributed by atoms with Crippen LogP contribution in [0.3, 0.4) is 0 Å². The van der Waals surface area contributed by atoms with E-state index in [0.717, 1.165) is 18.4 Å². The Morgan fingerprint density at radius 2 is 2.23 bits per heavy atom. The van der Waals surface area contributed by atoms with Crippen molar-refractivity contribution in [3.05, 3.63) is 40.4 Å². The molecule has 2 heterocycles. The number of amides is 1. The first-order valence-electron chi connectivity index (χ1n) is 8.29. The highest BCUT2D eigenvalue weighted by atomic mass is 35.5. The molecule has 26 heavy (non-hydrogen) atoms. The molecule has 3 aromatic rings. The average Bonchev–Trinajstić information content (AvgIpc) is 3.04. The fourth-order valence-corrected chi connectivity index (χ4v) is 2.96. The molecule has 0 aliphatic heterocycles. The Balaban J connectivity index is 1.47. The Hall–Kier alpha value is -2.87. The Bertz CT molecular complexity index is 969. The highest BCUT2D eigenvalue weighted by molar-refractivity contribution is 6.31. The van der Waals surface area contributed by atoms with Crippen molar-refractivity contribution in [2.75, 3.05) is 5.73 Å². The number of nitrogens with one attached hydrogen (secondary N) is 2. The van der Waals surface area contributed by atoms with Crippen molar-refractivity contribution in [1.82, 2.24) is 25.7 Å². The molecule has 0 atom stereocenters. The monoisotopic (exact) mass is 372 g/mol. The summed E-state index contributed by atoms with van der Waals surface area (Å²) in [5.41, 5.74) is 7.99. The number of hydrogen-bond acceptors (Lipinski definition) is 6. The van der Waals surface area contributed by atoms with E-state index in [1.807, 2.05) is 0 Å². The zero-order chi connectivity index (χ0) is 18.1. The molecule has 0 saturated heterocycles. The van der Waals surface area contributed by atoms with Crippen molar-refractivity contribution in [3.63, 3.8) is 0 Å². The Morgan fingerprint density at radius 3 is 2.96 bits per heavy atom. The minimum Gasteiger partial charge on any atom is -0.486 e. The van der Waals surface area contributed by atoms with Gasteiger partial charge in [-0.15, -0.1) is 5.10 Å². The van der Waals surface area contributed by atoms with E-state index in [4.69, 9.17) is 22.1 Å². The zero-order valence-electron chi connectivity index (χ0n) is 13.8. The van der Waals surface area contributed by atoms with Crippen LogP contribution < -0.4 is 15.8 Å². The molecular formula is C17H17ClN6O2. The lowest BCUT2D eigenvalue weighted by Crippen LogP contribution is -2.39. The SMILES string of the molecule is Nc1cc(OCc2ccc(C(=O)NC3CCC3)cc2Cl)c2nn[nH]c2n1. The van der Waals surface area contributed by atoms with Gasteiger partial charge in [-0.1, -0.05) is 22.9 Å². The Labute approximate surface area is 154 Å². The predicted molar refractivity (Wildman–Crippen MR) is 97.0 cm³/mol. The number of carbonyl (C=O) groups is 1. The van der Waals surface area contributed by atoms with E-state index in [2.05, 4.69) is 25.7 Å². The maximum absolute atomic E-state index is 12.2. The molecule has 9 heteroatoms. The summed E-state index contributed by atoms with van der Waals surface area (Å²) >= 11 is 6.32. The summed E-state index contributed by atoms with van der Waals surface area (Å²) in [6.07, 6.45) is 3.24. The molecule has 1 saturated carbocycles. The van der Waals surface area contributed by atoms with E-state index >= 15 is 0 Å². The normalized spacial score (nSPS) is 14.2. The van der Waals surface area contributed by atoms with Gasteiger partial charge in [0.25, 0.3) is 5.91 Å². The zero-order valence-corrected chi connectivity index (χ0v) is 14.6. The van der Waals surface area contributed by atoms with Crippen molar-refractivity contribution >= 4 is 34.5 Å². The molecule has 134 valence electrons. The first kappa shape index (κ1) is 16.6. The number of aromatic nitrogens is 4. The minimum absolute atomic E-state index is 0.102. The van der Waals surface area contributed by atoms with Crippen LogP contribution in [-0.2, 0) is 6.61 Å². The number of carbonyl (C=O) groups excluding carboxylic acids is 1. The molecule has 4 rings (SSSR count). The summed E-state index contributed by atoms with van der Waals surface area (Å²) in [4.78, 5) is 16.3. The molecule has 8 nitrogen and oxygen atoms in total. The van der Waals surface area contributed by atoms with E-state index in [9.17, 15) is 4.79 Å². The van der Waals surface area contributed by atoms with Gasteiger partial charge in [-0.2, -0.15) is 0 Å². The standard InChI is InChI=1S/C17H17ClN6O2/c18-12-6-9(17(25)20-11-2-1-3-11)4-5-10(12)8-26-13-7-14(19)21-16-15(13)22-24-23-16/h4-7,11H,1-3,8H2,(H,20,25)(H3,19,21,22,23,24). The first-order chi connectivity index (χ1) is 12.6. The molecule has 1 aliphatic rings. The van der Waals surface area contributed by atoms with Crippen LogP contribution in [0.5, 0.6) is 5.75 Å². The van der Waals surface area contributed by atoms with Gasteiger partial charge in [-0.05, 0) is 31.4 Å². The van der Waals surface area contributed by atoms with Crippen molar-refractivity contribution < 1.29 is 9.53 Å². The van der Waals surface area contributed by atoms with Crippen LogP contribution in [0.1, 0.15) is 35.2 Å². The largest absolute Gasteiger partial charge is 0.486 e. The second-order valence-corrected chi connectivity index (χ2v) is 6.66. The van der Waals surface area contributed by atoms with E-state index in [1.54, 1.807) is 24.3 Å². The number of halogens is 1. The van der Waals surface area contributed by atoms with E-state index in [-0.39, 0.29) is 18.6 Å². The highest BCUT2D eigenvalue weighted by Gasteiger charge is 2.20. The number of benzene rings is 1. The van der Waals surface area contributed by atoms with E-state index < -0.39 is 0 Å². The minimum atomic E-state index is -0.102. The molecule has 0 spiro atoms. The number of fused-ring (bicyclic) bond motifs is 1. The number of nitrogens with zero attached hydrogens (tertiary/aromatic N) is 3. The molecular weight excluding hydrogens is 356 g/mol. The summed E-state index contributed by atoms with van der Waals surface area (Å²) in [5, 5.41) is 13.7. The van der Waals surface area contributed by atoms with Crippen molar-refractivity contribution in [2.45, 2.75) is 31.9 Å². The van der Waals surface area contributed by atoms with Crippen LogP contribution in [0.15, 0.2) is 24.3 Å². The Morgan fingerprint density at radius 1 is 1.38 bits per heavy atom. The molecule has 0 bridgehead atoms. The molecule has 4 N–H and O–H groups in total. The van der Waals surface area contributed by atoms with E-state index in [0.29, 0.717) is 33.3 Å². The summed E-state index contributed by atoms with van der Waals surface area (Å²) in [6.45, 7) is 0.203. The third kappa shape index (κ3) is 3.28. The molecule has 0 unspecified atom stereocenters. The number of nitrogen functional groups attached to an aromatic ring is 1. The third-order valence-corrected chi connectivity index (χ3v) is 4.77. The van der Waals surface area contributed by atoms with Gasteiger partial charge >= 0.3 is 0 Å². The molecule has 1 aromatic carbocycles. The van der Waals surface area contributed by atoms with Crippen LogP contribution in [-0.4, -0.2) is 32.3 Å². The number of hydrogen-bond donors (Lipinski definition) is 3. The number of nitrogens with two attached hydrogens (primary N) is 1. The van der Waals surface area contributed by atoms with Crippen LogP contribution >= 0.6 is 11.6 Å². The number of pyridine rings is 1. The fourth-order valence-electron chi connectivity index (χ4n) is 2.72. The van der Waals surface area contributed by atoms with Gasteiger partial charge in [-0.25, -0.2) is 10.1 Å². The quantitative estimate of drug-likeness (QED) is 0.633. The lowest BCUT2D eigenvalue weighted by atomic mass is 9.93. The lowest BCUT2D eigenvalue weighted by molar-refractivity contribution is 0.0917. The van der Waals surface area contributed by atoms with Gasteiger partial charge < -0.3 is 15.8 Å². The lowest BCUT2D eigenvalue weighted by Gasteiger charge is -2.26. The van der Waals surface area contributed by atoms with Gasteiger partial charge in [0.1, 0.15) is 12.4 Å². The van der Waals surface area contributed by atoms with Crippen LogP contribution in [0.4, 0.5) is 5.82 Å². The second kappa shape index (κ2) is 6.80. The fraction of sp³-hybridized carbons (Fsp3) is 0.294. The van der Waals surface area contributed by atoms with Crippen LogP contribution in [0.2, 0.25) is 5.02 Å². The van der Waals surface area contributed by atoms with Crippen LogP contribution in [0.25, 0.3) is 11.2 Å². The molecule has 1 fully saturated rings. The Kier molecular flexibility index (Phi) is 4.34. The molecule has 2 aromatic heterocycles. The molecule has 0 radical (unpaired) electrons. The molecule has 1 amide bonds. The average molecular weight is 373 g/mol. The number of rotatable bonds is 5. The van der Waals surface area contributed by atoms with Gasteiger partial charge in [-0.3, -0.25) is 4.79 Å². The summed E-state index contributed by atoms with van der Waals surface area (Å²) < 4.78 is 5.79. The van der Waals surface area contributed by atoms with Gasteiger partial charge in [0.05, 0.1) is 0 Å². The third-order valence-electron chi connectivity index (χ3n) is 4.42.